The Labute approximate surface area is 165 Å². The number of hydrogen-bond acceptors (Lipinski definition) is 4. The Morgan fingerprint density at radius 2 is 2.04 bits per heavy atom. The first-order valence-corrected chi connectivity index (χ1v) is 10.4. The molecule has 0 radical (unpaired) electrons. The third kappa shape index (κ3) is 5.32. The number of carbonyl (C=O) groups is 2. The van der Waals surface area contributed by atoms with Crippen LogP contribution < -0.4 is 10.2 Å². The van der Waals surface area contributed by atoms with Gasteiger partial charge in [0.2, 0.25) is 5.91 Å². The van der Waals surface area contributed by atoms with Gasteiger partial charge in [0.1, 0.15) is 0 Å². The minimum Gasteiger partial charge on any atom is -0.375 e. The van der Waals surface area contributed by atoms with Gasteiger partial charge in [-0.1, -0.05) is 24.3 Å². The van der Waals surface area contributed by atoms with Gasteiger partial charge in [0.15, 0.2) is 0 Å². The molecule has 6 heteroatoms. The summed E-state index contributed by atoms with van der Waals surface area (Å²) < 4.78 is 0. The molecule has 0 bridgehead atoms. The monoisotopic (exact) mass is 385 g/mol. The van der Waals surface area contributed by atoms with Gasteiger partial charge < -0.3 is 15.1 Å². The minimum atomic E-state index is -0.102. The van der Waals surface area contributed by atoms with E-state index < -0.39 is 0 Å². The quantitative estimate of drug-likeness (QED) is 0.745. The van der Waals surface area contributed by atoms with Crippen LogP contribution in [0, 0.1) is 5.92 Å². The van der Waals surface area contributed by atoms with Crippen LogP contribution in [-0.2, 0) is 4.79 Å². The minimum absolute atomic E-state index is 0.0481. The number of piperidine rings is 1. The summed E-state index contributed by atoms with van der Waals surface area (Å²) in [5.41, 5.74) is 1.18. The highest BCUT2D eigenvalue weighted by Gasteiger charge is 2.29. The summed E-state index contributed by atoms with van der Waals surface area (Å²) in [6.07, 6.45) is 2.62. The van der Waals surface area contributed by atoms with Crippen molar-refractivity contribution < 1.29 is 9.59 Å². The van der Waals surface area contributed by atoms with E-state index in [2.05, 4.69) is 29.4 Å². The van der Waals surface area contributed by atoms with E-state index in [4.69, 9.17) is 0 Å². The van der Waals surface area contributed by atoms with Gasteiger partial charge in [0.05, 0.1) is 10.8 Å². The van der Waals surface area contributed by atoms with Crippen LogP contribution in [0.15, 0.2) is 47.8 Å². The predicted octanol–water partition coefficient (Wildman–Crippen LogP) is 3.24. The first-order valence-electron chi connectivity index (χ1n) is 9.52. The summed E-state index contributed by atoms with van der Waals surface area (Å²) >= 11 is 1.46. The first kappa shape index (κ1) is 19.4. The largest absolute Gasteiger partial charge is 0.375 e. The number of anilines is 1. The maximum atomic E-state index is 12.5. The van der Waals surface area contributed by atoms with Crippen molar-refractivity contribution in [3.63, 3.8) is 0 Å². The van der Waals surface area contributed by atoms with Crippen LogP contribution in [0.1, 0.15) is 28.9 Å². The summed E-state index contributed by atoms with van der Waals surface area (Å²) in [6, 6.07) is 14.0. The Morgan fingerprint density at radius 3 is 2.78 bits per heavy atom. The van der Waals surface area contributed by atoms with E-state index in [1.807, 2.05) is 40.6 Å². The molecule has 1 atom stereocenters. The van der Waals surface area contributed by atoms with Crippen molar-refractivity contribution in [2.24, 2.45) is 5.92 Å². The highest BCUT2D eigenvalue weighted by atomic mass is 32.1. The van der Waals surface area contributed by atoms with Crippen LogP contribution in [0.5, 0.6) is 0 Å². The summed E-state index contributed by atoms with van der Waals surface area (Å²) in [7, 11) is 2.06. The Morgan fingerprint density at radius 1 is 1.22 bits per heavy atom. The van der Waals surface area contributed by atoms with Crippen molar-refractivity contribution in [3.05, 3.63) is 52.7 Å². The van der Waals surface area contributed by atoms with Gasteiger partial charge in [0, 0.05) is 38.9 Å². The number of benzene rings is 1. The van der Waals surface area contributed by atoms with Gasteiger partial charge in [-0.15, -0.1) is 11.3 Å². The van der Waals surface area contributed by atoms with E-state index in [1.54, 1.807) is 0 Å². The molecule has 1 saturated heterocycles. The second-order valence-corrected chi connectivity index (χ2v) is 7.92. The van der Waals surface area contributed by atoms with E-state index in [0.717, 1.165) is 37.2 Å². The van der Waals surface area contributed by atoms with E-state index in [1.165, 1.54) is 17.0 Å². The fourth-order valence-electron chi connectivity index (χ4n) is 3.42. The first-order chi connectivity index (χ1) is 13.1. The van der Waals surface area contributed by atoms with Gasteiger partial charge in [-0.3, -0.25) is 9.59 Å². The van der Waals surface area contributed by atoms with E-state index in [0.29, 0.717) is 13.1 Å². The lowest BCUT2D eigenvalue weighted by molar-refractivity contribution is -0.126. The van der Waals surface area contributed by atoms with Crippen LogP contribution in [0.25, 0.3) is 0 Å². The van der Waals surface area contributed by atoms with Crippen molar-refractivity contribution in [1.82, 2.24) is 10.2 Å². The number of likely N-dealkylation sites (tertiary alicyclic amines) is 1. The summed E-state index contributed by atoms with van der Waals surface area (Å²) in [5, 5.41) is 4.96. The molecule has 27 heavy (non-hydrogen) atoms. The average Bonchev–Trinajstić information content (AvgIpc) is 3.26. The molecule has 144 valence electrons. The molecule has 0 spiro atoms. The van der Waals surface area contributed by atoms with Crippen LogP contribution >= 0.6 is 11.3 Å². The van der Waals surface area contributed by atoms with E-state index in [9.17, 15) is 9.59 Å². The van der Waals surface area contributed by atoms with Crippen LogP contribution in [0.3, 0.4) is 0 Å². The topological polar surface area (TPSA) is 52.7 Å². The van der Waals surface area contributed by atoms with Crippen molar-refractivity contribution in [3.8, 4) is 0 Å². The summed E-state index contributed by atoms with van der Waals surface area (Å²) in [5.74, 6) is 0.0162. The van der Waals surface area contributed by atoms with Crippen molar-refractivity contribution in [2.75, 3.05) is 38.1 Å². The third-order valence-corrected chi connectivity index (χ3v) is 5.84. The van der Waals surface area contributed by atoms with Crippen molar-refractivity contribution in [1.29, 1.82) is 0 Å². The Kier molecular flexibility index (Phi) is 6.87. The van der Waals surface area contributed by atoms with Gasteiger partial charge in [0.25, 0.3) is 5.91 Å². The summed E-state index contributed by atoms with van der Waals surface area (Å²) in [4.78, 5) is 29.8. The van der Waals surface area contributed by atoms with Crippen molar-refractivity contribution in [2.45, 2.75) is 19.3 Å². The number of hydrogen-bond donors (Lipinski definition) is 1. The average molecular weight is 386 g/mol. The fourth-order valence-corrected chi connectivity index (χ4v) is 4.11. The van der Waals surface area contributed by atoms with E-state index in [-0.39, 0.29) is 17.7 Å². The molecule has 1 aliphatic heterocycles. The molecule has 1 aromatic heterocycles. The Hall–Kier alpha value is -2.34. The van der Waals surface area contributed by atoms with Gasteiger partial charge in [-0.05, 0) is 42.8 Å². The molecule has 0 saturated carbocycles. The SMILES string of the molecule is CN(CCCNC(=O)C1CCCN(C(=O)c2cccs2)C1)c1ccccc1. The number of thiophene rings is 1. The fraction of sp³-hybridized carbons (Fsp3) is 0.429. The van der Waals surface area contributed by atoms with Crippen molar-refractivity contribution >= 4 is 28.8 Å². The Bertz CT molecular complexity index is 733. The smallest absolute Gasteiger partial charge is 0.263 e. The molecule has 1 aliphatic rings. The van der Waals surface area contributed by atoms with Crippen LogP contribution in [0.4, 0.5) is 5.69 Å². The number of para-hydroxylation sites is 1. The molecule has 2 amide bonds. The number of nitrogens with zero attached hydrogens (tertiary/aromatic N) is 2. The number of carbonyl (C=O) groups excluding carboxylic acids is 2. The second kappa shape index (κ2) is 9.55. The van der Waals surface area contributed by atoms with E-state index >= 15 is 0 Å². The molecule has 1 unspecified atom stereocenters. The molecule has 3 rings (SSSR count). The highest BCUT2D eigenvalue weighted by Crippen LogP contribution is 2.20. The van der Waals surface area contributed by atoms with Crippen LogP contribution in [0.2, 0.25) is 0 Å². The molecule has 1 N–H and O–H groups in total. The lowest BCUT2D eigenvalue weighted by Gasteiger charge is -2.31. The molecular formula is C21H27N3O2S. The zero-order valence-corrected chi connectivity index (χ0v) is 16.6. The summed E-state index contributed by atoms with van der Waals surface area (Å²) in [6.45, 7) is 2.80. The zero-order valence-electron chi connectivity index (χ0n) is 15.8. The second-order valence-electron chi connectivity index (χ2n) is 6.97. The zero-order chi connectivity index (χ0) is 19.1. The van der Waals surface area contributed by atoms with Gasteiger partial charge in [-0.2, -0.15) is 0 Å². The molecule has 2 heterocycles. The molecular weight excluding hydrogens is 358 g/mol. The molecule has 2 aromatic rings. The van der Waals surface area contributed by atoms with Gasteiger partial charge >= 0.3 is 0 Å². The Balaban J connectivity index is 1.41. The van der Waals surface area contributed by atoms with Crippen LogP contribution in [-0.4, -0.2) is 49.9 Å². The lowest BCUT2D eigenvalue weighted by Crippen LogP contribution is -2.45. The molecule has 0 aliphatic carbocycles. The predicted molar refractivity (Wildman–Crippen MR) is 110 cm³/mol. The third-order valence-electron chi connectivity index (χ3n) is 4.98. The number of nitrogens with one attached hydrogen (secondary N) is 1. The normalized spacial score (nSPS) is 16.8. The van der Waals surface area contributed by atoms with Gasteiger partial charge in [-0.25, -0.2) is 0 Å². The molecule has 1 fully saturated rings. The highest BCUT2D eigenvalue weighted by molar-refractivity contribution is 7.12. The lowest BCUT2D eigenvalue weighted by atomic mass is 9.97. The maximum Gasteiger partial charge on any atom is 0.263 e. The molecule has 1 aromatic carbocycles. The molecule has 5 nitrogen and oxygen atoms in total. The maximum absolute atomic E-state index is 12.5. The number of amides is 2. The number of rotatable bonds is 7. The standard InChI is InChI=1S/C21H27N3O2S/c1-23(18-9-3-2-4-10-18)13-7-12-22-20(25)17-8-5-14-24(16-17)21(26)19-11-6-15-27-19/h2-4,6,9-11,15,17H,5,7-8,12-14,16H2,1H3,(H,22,25).